The second-order valence-corrected chi connectivity index (χ2v) is 5.02. The third-order valence-electron chi connectivity index (χ3n) is 3.24. The second kappa shape index (κ2) is 5.07. The highest BCUT2D eigenvalue weighted by atomic mass is 35.5. The van der Waals surface area contributed by atoms with Gasteiger partial charge in [0.1, 0.15) is 0 Å². The molecule has 0 amide bonds. The number of rotatable bonds is 2. The van der Waals surface area contributed by atoms with E-state index in [1.165, 1.54) is 0 Å². The van der Waals surface area contributed by atoms with E-state index in [1.54, 1.807) is 0 Å². The first-order valence-corrected chi connectivity index (χ1v) is 6.23. The molecule has 1 fully saturated rings. The Bertz CT molecular complexity index is 359. The summed E-state index contributed by atoms with van der Waals surface area (Å²) in [5.41, 5.74) is 2.18. The van der Waals surface area contributed by atoms with Gasteiger partial charge < -0.3 is 10.4 Å². The molecule has 0 radical (unpaired) electrons. The van der Waals surface area contributed by atoms with E-state index in [1.807, 2.05) is 19.1 Å². The molecular formula is C13H18ClNO. The van der Waals surface area contributed by atoms with E-state index in [0.717, 1.165) is 42.0 Å². The minimum Gasteiger partial charge on any atom is -0.393 e. The number of aryl methyl sites for hydroxylation is 1. The molecule has 1 aliphatic rings. The van der Waals surface area contributed by atoms with Gasteiger partial charge in [0.05, 0.1) is 6.10 Å². The maximum Gasteiger partial charge on any atom is 0.0541 e. The average molecular weight is 240 g/mol. The minimum atomic E-state index is -0.0975. The average Bonchev–Trinajstić information content (AvgIpc) is 2.27. The maximum atomic E-state index is 9.42. The first-order valence-electron chi connectivity index (χ1n) is 5.86. The molecule has 0 heterocycles. The van der Waals surface area contributed by atoms with Crippen molar-refractivity contribution in [1.29, 1.82) is 0 Å². The molecule has 3 heteroatoms. The third kappa shape index (κ3) is 2.89. The zero-order valence-electron chi connectivity index (χ0n) is 9.54. The fraction of sp³-hybridized carbons (Fsp3) is 0.538. The highest BCUT2D eigenvalue weighted by Gasteiger charge is 2.18. The number of aliphatic hydroxyl groups excluding tert-OH is 1. The van der Waals surface area contributed by atoms with E-state index < -0.39 is 0 Å². The van der Waals surface area contributed by atoms with Gasteiger partial charge in [0, 0.05) is 16.8 Å². The van der Waals surface area contributed by atoms with E-state index in [-0.39, 0.29) is 6.10 Å². The van der Waals surface area contributed by atoms with Crippen LogP contribution >= 0.6 is 11.6 Å². The van der Waals surface area contributed by atoms with Crippen LogP contribution in [0.4, 0.5) is 5.69 Å². The normalized spacial score (nSPS) is 25.4. The van der Waals surface area contributed by atoms with Crippen LogP contribution in [0.1, 0.15) is 31.2 Å². The summed E-state index contributed by atoms with van der Waals surface area (Å²) in [7, 11) is 0. The van der Waals surface area contributed by atoms with Gasteiger partial charge >= 0.3 is 0 Å². The first-order chi connectivity index (χ1) is 7.65. The van der Waals surface area contributed by atoms with Crippen LogP contribution in [-0.2, 0) is 0 Å². The molecule has 1 aromatic carbocycles. The van der Waals surface area contributed by atoms with Crippen molar-refractivity contribution < 1.29 is 5.11 Å². The van der Waals surface area contributed by atoms with Gasteiger partial charge in [0.2, 0.25) is 0 Å². The second-order valence-electron chi connectivity index (χ2n) is 4.61. The van der Waals surface area contributed by atoms with E-state index in [9.17, 15) is 5.11 Å². The Morgan fingerprint density at radius 1 is 1.25 bits per heavy atom. The van der Waals surface area contributed by atoms with Crippen LogP contribution < -0.4 is 5.32 Å². The zero-order valence-corrected chi connectivity index (χ0v) is 10.3. The predicted octanol–water partition coefficient (Wildman–Crippen LogP) is 3.36. The van der Waals surface area contributed by atoms with Crippen molar-refractivity contribution in [2.75, 3.05) is 5.32 Å². The summed E-state index contributed by atoms with van der Waals surface area (Å²) >= 11 is 6.07. The monoisotopic (exact) mass is 239 g/mol. The van der Waals surface area contributed by atoms with Gasteiger partial charge in [0.25, 0.3) is 0 Å². The summed E-state index contributed by atoms with van der Waals surface area (Å²) in [5, 5.41) is 13.7. The number of aliphatic hydroxyl groups is 1. The Morgan fingerprint density at radius 2 is 1.94 bits per heavy atom. The number of anilines is 1. The number of halogens is 1. The summed E-state index contributed by atoms with van der Waals surface area (Å²) in [4.78, 5) is 0. The lowest BCUT2D eigenvalue weighted by molar-refractivity contribution is 0.126. The van der Waals surface area contributed by atoms with Crippen molar-refractivity contribution in [3.63, 3.8) is 0 Å². The molecule has 1 aliphatic carbocycles. The molecule has 0 saturated heterocycles. The van der Waals surface area contributed by atoms with Gasteiger partial charge in [-0.3, -0.25) is 0 Å². The van der Waals surface area contributed by atoms with Gasteiger partial charge in [-0.15, -0.1) is 0 Å². The lowest BCUT2D eigenvalue weighted by Crippen LogP contribution is -2.28. The van der Waals surface area contributed by atoms with Crippen LogP contribution in [0.5, 0.6) is 0 Å². The van der Waals surface area contributed by atoms with Crippen molar-refractivity contribution >= 4 is 17.3 Å². The highest BCUT2D eigenvalue weighted by Crippen LogP contribution is 2.25. The van der Waals surface area contributed by atoms with E-state index in [2.05, 4.69) is 11.4 Å². The lowest BCUT2D eigenvalue weighted by Gasteiger charge is -2.27. The third-order valence-corrected chi connectivity index (χ3v) is 3.65. The quantitative estimate of drug-likeness (QED) is 0.830. The Hall–Kier alpha value is -0.730. The molecule has 2 rings (SSSR count). The van der Waals surface area contributed by atoms with Crippen molar-refractivity contribution in [2.45, 2.75) is 44.8 Å². The van der Waals surface area contributed by atoms with Crippen LogP contribution in [0.25, 0.3) is 0 Å². The van der Waals surface area contributed by atoms with Gasteiger partial charge in [-0.05, 0) is 50.3 Å². The molecule has 0 aromatic heterocycles. The Labute approximate surface area is 102 Å². The summed E-state index contributed by atoms with van der Waals surface area (Å²) in [5.74, 6) is 0. The fourth-order valence-corrected chi connectivity index (χ4v) is 2.32. The molecule has 2 nitrogen and oxygen atoms in total. The topological polar surface area (TPSA) is 32.3 Å². The van der Waals surface area contributed by atoms with E-state index in [0.29, 0.717) is 6.04 Å². The number of hydrogen-bond donors (Lipinski definition) is 2. The molecule has 0 aliphatic heterocycles. The SMILES string of the molecule is Cc1ccc(NC2CCC(O)CC2)cc1Cl. The van der Waals surface area contributed by atoms with Gasteiger partial charge in [-0.25, -0.2) is 0 Å². The van der Waals surface area contributed by atoms with Crippen LogP contribution in [0.15, 0.2) is 18.2 Å². The summed E-state index contributed by atoms with van der Waals surface area (Å²) in [6.45, 7) is 2.00. The van der Waals surface area contributed by atoms with E-state index >= 15 is 0 Å². The largest absolute Gasteiger partial charge is 0.393 e. The number of benzene rings is 1. The minimum absolute atomic E-state index is 0.0975. The van der Waals surface area contributed by atoms with Gasteiger partial charge in [-0.1, -0.05) is 17.7 Å². The van der Waals surface area contributed by atoms with Crippen LogP contribution in [-0.4, -0.2) is 17.3 Å². The Kier molecular flexibility index (Phi) is 3.72. The molecule has 0 spiro atoms. The predicted molar refractivity (Wildman–Crippen MR) is 68.1 cm³/mol. The molecule has 16 heavy (non-hydrogen) atoms. The summed E-state index contributed by atoms with van der Waals surface area (Å²) in [6, 6.07) is 6.54. The van der Waals surface area contributed by atoms with Crippen molar-refractivity contribution in [1.82, 2.24) is 0 Å². The highest BCUT2D eigenvalue weighted by molar-refractivity contribution is 6.31. The van der Waals surface area contributed by atoms with Crippen LogP contribution in [0.3, 0.4) is 0 Å². The molecular weight excluding hydrogens is 222 g/mol. The zero-order chi connectivity index (χ0) is 11.5. The van der Waals surface area contributed by atoms with E-state index in [4.69, 9.17) is 11.6 Å². The smallest absolute Gasteiger partial charge is 0.0541 e. The van der Waals surface area contributed by atoms with Crippen molar-refractivity contribution in [2.24, 2.45) is 0 Å². The molecule has 1 saturated carbocycles. The standard InChI is InChI=1S/C13H18ClNO/c1-9-2-3-11(8-13(9)14)15-10-4-6-12(16)7-5-10/h2-3,8,10,12,15-16H,4-7H2,1H3. The number of hydrogen-bond acceptors (Lipinski definition) is 2. The fourth-order valence-electron chi connectivity index (χ4n) is 2.14. The molecule has 0 bridgehead atoms. The summed E-state index contributed by atoms with van der Waals surface area (Å²) in [6.07, 6.45) is 3.77. The molecule has 1 aromatic rings. The van der Waals surface area contributed by atoms with Gasteiger partial charge in [-0.2, -0.15) is 0 Å². The van der Waals surface area contributed by atoms with Crippen LogP contribution in [0, 0.1) is 6.92 Å². The maximum absolute atomic E-state index is 9.42. The first kappa shape index (κ1) is 11.7. The van der Waals surface area contributed by atoms with Crippen molar-refractivity contribution in [3.8, 4) is 0 Å². The van der Waals surface area contributed by atoms with Crippen LogP contribution in [0.2, 0.25) is 5.02 Å². The Balaban J connectivity index is 1.96. The lowest BCUT2D eigenvalue weighted by atomic mass is 9.93. The molecule has 0 atom stereocenters. The summed E-state index contributed by atoms with van der Waals surface area (Å²) < 4.78 is 0. The Morgan fingerprint density at radius 3 is 2.56 bits per heavy atom. The number of nitrogens with one attached hydrogen (secondary N) is 1. The molecule has 0 unspecified atom stereocenters. The van der Waals surface area contributed by atoms with Gasteiger partial charge in [0.15, 0.2) is 0 Å². The van der Waals surface area contributed by atoms with Crippen molar-refractivity contribution in [3.05, 3.63) is 28.8 Å². The molecule has 88 valence electrons. The molecule has 2 N–H and O–H groups in total.